The Kier molecular flexibility index (Phi) is 7.04. The average Bonchev–Trinajstić information content (AvgIpc) is 3.52. The van der Waals surface area contributed by atoms with Crippen LogP contribution in [-0.2, 0) is 17.8 Å². The van der Waals surface area contributed by atoms with Gasteiger partial charge in [0, 0.05) is 56.1 Å². The standard InChI is InChI=1S/C29H36F2N8O2/c1-5-25(40)37-8-10-38(11-9-37)27-21-6-7-39(26-19(3)18(2)12-23-22(26)14-32-35-23)15-24(21)33-28(34-27)41-16-20-13-29(30,31)17-36(20)4/h5,12,14,20H,1,6-11,13,15-17H2,2-4H3,(H,32,35). The number of carbonyl (C=O) groups excluding carboxylic acids is 1. The van der Waals surface area contributed by atoms with Crippen molar-refractivity contribution in [3.63, 3.8) is 0 Å². The Labute approximate surface area is 238 Å². The van der Waals surface area contributed by atoms with Crippen LogP contribution in [0.15, 0.2) is 24.9 Å². The van der Waals surface area contributed by atoms with Crippen molar-refractivity contribution in [2.45, 2.75) is 45.2 Å². The van der Waals surface area contributed by atoms with Crippen molar-refractivity contribution in [1.29, 1.82) is 0 Å². The molecule has 1 atom stereocenters. The fourth-order valence-corrected chi connectivity index (χ4v) is 6.31. The summed E-state index contributed by atoms with van der Waals surface area (Å²) in [5.41, 5.74) is 6.43. The lowest BCUT2D eigenvalue weighted by Crippen LogP contribution is -2.49. The highest BCUT2D eigenvalue weighted by molar-refractivity contribution is 5.94. The number of fused-ring (bicyclic) bond motifs is 2. The number of rotatable bonds is 6. The summed E-state index contributed by atoms with van der Waals surface area (Å²) in [7, 11) is 1.69. The first-order valence-electron chi connectivity index (χ1n) is 14.1. The predicted octanol–water partition coefficient (Wildman–Crippen LogP) is 3.09. The second kappa shape index (κ2) is 10.6. The average molecular weight is 567 g/mol. The first kappa shape index (κ1) is 27.4. The molecule has 0 spiro atoms. The molecular weight excluding hydrogens is 530 g/mol. The quantitative estimate of drug-likeness (QED) is 0.455. The lowest BCUT2D eigenvalue weighted by molar-refractivity contribution is -0.126. The first-order chi connectivity index (χ1) is 19.6. The predicted molar refractivity (Wildman–Crippen MR) is 153 cm³/mol. The maximum absolute atomic E-state index is 14.0. The zero-order valence-electron chi connectivity index (χ0n) is 23.8. The van der Waals surface area contributed by atoms with E-state index in [0.29, 0.717) is 32.7 Å². The monoisotopic (exact) mass is 566 g/mol. The minimum absolute atomic E-state index is 0.0781. The van der Waals surface area contributed by atoms with Crippen molar-refractivity contribution >= 4 is 28.3 Å². The molecule has 1 aromatic carbocycles. The van der Waals surface area contributed by atoms with Crippen LogP contribution < -0.4 is 14.5 Å². The number of aromatic amines is 1. The van der Waals surface area contributed by atoms with Gasteiger partial charge in [0.05, 0.1) is 36.2 Å². The number of hydrogen-bond acceptors (Lipinski definition) is 8. The molecule has 2 saturated heterocycles. The Balaban J connectivity index is 1.31. The van der Waals surface area contributed by atoms with Gasteiger partial charge < -0.3 is 19.4 Å². The minimum atomic E-state index is -2.72. The third-order valence-corrected chi connectivity index (χ3v) is 8.68. The summed E-state index contributed by atoms with van der Waals surface area (Å²) in [6.45, 7) is 11.4. The van der Waals surface area contributed by atoms with Crippen molar-refractivity contribution in [1.82, 2.24) is 30.0 Å². The number of likely N-dealkylation sites (tertiary alicyclic amines) is 1. The lowest BCUT2D eigenvalue weighted by Gasteiger charge is -2.38. The maximum Gasteiger partial charge on any atom is 0.318 e. The number of H-pyrrole nitrogens is 1. The van der Waals surface area contributed by atoms with Crippen LogP contribution in [0.1, 0.15) is 28.8 Å². The molecule has 218 valence electrons. The zero-order valence-corrected chi connectivity index (χ0v) is 23.8. The van der Waals surface area contributed by atoms with Gasteiger partial charge in [0.2, 0.25) is 5.91 Å². The number of alkyl halides is 2. The number of nitrogens with zero attached hydrogens (tertiary/aromatic N) is 7. The third kappa shape index (κ3) is 5.20. The molecule has 5 heterocycles. The van der Waals surface area contributed by atoms with E-state index in [2.05, 4.69) is 46.5 Å². The fourth-order valence-electron chi connectivity index (χ4n) is 6.31. The molecule has 3 aromatic rings. The Bertz CT molecular complexity index is 1480. The van der Waals surface area contributed by atoms with Crippen molar-refractivity contribution in [2.75, 3.05) is 62.7 Å². The number of aryl methyl sites for hydroxylation is 1. The summed E-state index contributed by atoms with van der Waals surface area (Å²) < 4.78 is 34.0. The SMILES string of the molecule is C=CC(=O)N1CCN(c2nc(OCC3CC(F)(F)CN3C)nc3c2CCN(c2c(C)c(C)cc4[nH]ncc24)C3)CC1. The molecule has 1 amide bonds. The summed E-state index contributed by atoms with van der Waals surface area (Å²) in [4.78, 5) is 29.7. The lowest BCUT2D eigenvalue weighted by atomic mass is 9.99. The van der Waals surface area contributed by atoms with Crippen LogP contribution in [0.2, 0.25) is 0 Å². The highest BCUT2D eigenvalue weighted by atomic mass is 19.3. The second-order valence-corrected chi connectivity index (χ2v) is 11.4. The summed E-state index contributed by atoms with van der Waals surface area (Å²) in [5.74, 6) is -2.00. The van der Waals surface area contributed by atoms with E-state index >= 15 is 0 Å². The molecule has 6 rings (SSSR count). The van der Waals surface area contributed by atoms with Gasteiger partial charge in [0.15, 0.2) is 0 Å². The number of halogens is 2. The summed E-state index contributed by atoms with van der Waals surface area (Å²) >= 11 is 0. The summed E-state index contributed by atoms with van der Waals surface area (Å²) in [5, 5.41) is 8.44. The topological polar surface area (TPSA) is 93.7 Å². The van der Waals surface area contributed by atoms with E-state index in [0.717, 1.165) is 46.6 Å². The number of ether oxygens (including phenoxy) is 1. The number of benzene rings is 1. The zero-order chi connectivity index (χ0) is 28.9. The van der Waals surface area contributed by atoms with E-state index in [1.807, 2.05) is 6.20 Å². The Morgan fingerprint density at radius 3 is 2.68 bits per heavy atom. The molecule has 2 aromatic heterocycles. The van der Waals surface area contributed by atoms with Gasteiger partial charge in [-0.05, 0) is 50.6 Å². The second-order valence-electron chi connectivity index (χ2n) is 11.4. The molecular formula is C29H36F2N8O2. The number of piperazine rings is 1. The Morgan fingerprint density at radius 2 is 1.98 bits per heavy atom. The van der Waals surface area contributed by atoms with Crippen LogP contribution in [0.4, 0.5) is 20.3 Å². The molecule has 1 N–H and O–H groups in total. The van der Waals surface area contributed by atoms with Gasteiger partial charge in [0.1, 0.15) is 12.4 Å². The van der Waals surface area contributed by atoms with Gasteiger partial charge in [-0.1, -0.05) is 6.58 Å². The molecule has 3 aliphatic rings. The smallest absolute Gasteiger partial charge is 0.318 e. The third-order valence-electron chi connectivity index (χ3n) is 8.68. The number of amides is 1. The van der Waals surface area contributed by atoms with Gasteiger partial charge in [0.25, 0.3) is 5.92 Å². The molecule has 0 aliphatic carbocycles. The van der Waals surface area contributed by atoms with E-state index in [9.17, 15) is 13.6 Å². The van der Waals surface area contributed by atoms with Crippen LogP contribution in [0.3, 0.4) is 0 Å². The molecule has 0 radical (unpaired) electrons. The first-order valence-corrected chi connectivity index (χ1v) is 14.1. The Hall–Kier alpha value is -3.80. The minimum Gasteiger partial charge on any atom is -0.462 e. The molecule has 0 saturated carbocycles. The van der Waals surface area contributed by atoms with E-state index in [1.54, 1.807) is 16.8 Å². The largest absolute Gasteiger partial charge is 0.462 e. The molecule has 10 nitrogen and oxygen atoms in total. The van der Waals surface area contributed by atoms with Gasteiger partial charge in [-0.15, -0.1) is 0 Å². The number of anilines is 2. The van der Waals surface area contributed by atoms with Gasteiger partial charge in [-0.2, -0.15) is 15.1 Å². The molecule has 41 heavy (non-hydrogen) atoms. The maximum atomic E-state index is 14.0. The fraction of sp³-hybridized carbons (Fsp3) is 0.517. The van der Waals surface area contributed by atoms with E-state index in [1.165, 1.54) is 17.2 Å². The number of hydrogen-bond donors (Lipinski definition) is 1. The van der Waals surface area contributed by atoms with Gasteiger partial charge >= 0.3 is 6.01 Å². The van der Waals surface area contributed by atoms with Crippen LogP contribution in [0.5, 0.6) is 6.01 Å². The number of likely N-dealkylation sites (N-methyl/N-ethyl adjacent to an activating group) is 1. The van der Waals surface area contributed by atoms with Crippen LogP contribution in [0.25, 0.3) is 10.9 Å². The van der Waals surface area contributed by atoms with E-state index in [-0.39, 0.29) is 31.5 Å². The highest BCUT2D eigenvalue weighted by Crippen LogP contribution is 2.37. The molecule has 3 aliphatic heterocycles. The van der Waals surface area contributed by atoms with E-state index < -0.39 is 12.0 Å². The number of aromatic nitrogens is 4. The van der Waals surface area contributed by atoms with Crippen molar-refractivity contribution in [2.24, 2.45) is 0 Å². The molecule has 2 fully saturated rings. The molecule has 1 unspecified atom stereocenters. The molecule has 12 heteroatoms. The van der Waals surface area contributed by atoms with Crippen molar-refractivity contribution < 1.29 is 18.3 Å². The Morgan fingerprint density at radius 1 is 1.20 bits per heavy atom. The van der Waals surface area contributed by atoms with Crippen LogP contribution >= 0.6 is 0 Å². The number of nitrogens with one attached hydrogen (secondary N) is 1. The van der Waals surface area contributed by atoms with Crippen molar-refractivity contribution in [3.8, 4) is 6.01 Å². The normalized spacial score (nSPS) is 20.9. The summed E-state index contributed by atoms with van der Waals surface area (Å²) in [6.07, 6.45) is 3.70. The summed E-state index contributed by atoms with van der Waals surface area (Å²) in [6, 6.07) is 1.90. The van der Waals surface area contributed by atoms with Crippen molar-refractivity contribution in [3.05, 3.63) is 47.3 Å². The number of carbonyl (C=O) groups is 1. The van der Waals surface area contributed by atoms with Crippen LogP contribution in [-0.4, -0.2) is 101 Å². The molecule has 0 bridgehead atoms. The van der Waals surface area contributed by atoms with Crippen LogP contribution in [0, 0.1) is 13.8 Å². The van der Waals surface area contributed by atoms with Gasteiger partial charge in [-0.3, -0.25) is 14.8 Å². The van der Waals surface area contributed by atoms with E-state index in [4.69, 9.17) is 14.7 Å². The van der Waals surface area contributed by atoms with Gasteiger partial charge in [-0.25, -0.2) is 8.78 Å². The highest BCUT2D eigenvalue weighted by Gasteiger charge is 2.43.